The normalized spacial score (nSPS) is 23.8. The zero-order valence-corrected chi connectivity index (χ0v) is 18.0. The predicted molar refractivity (Wildman–Crippen MR) is 122 cm³/mol. The lowest BCUT2D eigenvalue weighted by atomic mass is 10.1. The van der Waals surface area contributed by atoms with Crippen molar-refractivity contribution >= 4 is 33.4 Å². The maximum absolute atomic E-state index is 9.42. The highest BCUT2D eigenvalue weighted by Crippen LogP contribution is 2.31. The highest BCUT2D eigenvalue weighted by atomic mass is 32.2. The molecule has 2 saturated heterocycles. The number of ether oxygens (including phenoxy) is 2. The van der Waals surface area contributed by atoms with Crippen LogP contribution < -0.4 is 5.32 Å². The summed E-state index contributed by atoms with van der Waals surface area (Å²) in [4.78, 5) is 10.7. The Bertz CT molecular complexity index is 903. The van der Waals surface area contributed by atoms with Crippen LogP contribution in [0.15, 0.2) is 23.2 Å². The van der Waals surface area contributed by atoms with Crippen LogP contribution in [0.2, 0.25) is 0 Å². The van der Waals surface area contributed by atoms with Crippen molar-refractivity contribution in [3.63, 3.8) is 0 Å². The van der Waals surface area contributed by atoms with Gasteiger partial charge in [0.2, 0.25) is 0 Å². The van der Waals surface area contributed by atoms with Crippen LogP contribution in [0, 0.1) is 0 Å². The smallest absolute Gasteiger partial charge is 0.115 e. The van der Waals surface area contributed by atoms with Crippen LogP contribution in [-0.2, 0) is 16.0 Å². The second-order valence-electron chi connectivity index (χ2n) is 8.29. The molecule has 8 heteroatoms. The number of anilines is 1. The van der Waals surface area contributed by atoms with Gasteiger partial charge in [-0.15, -0.1) is 11.8 Å². The van der Waals surface area contributed by atoms with Gasteiger partial charge < -0.3 is 24.9 Å². The molecule has 30 heavy (non-hydrogen) atoms. The minimum absolute atomic E-state index is 0.00753. The molecule has 1 atom stereocenters. The molecule has 1 aromatic carbocycles. The van der Waals surface area contributed by atoms with Gasteiger partial charge in [0.05, 0.1) is 42.8 Å². The Kier molecular flexibility index (Phi) is 6.29. The second-order valence-corrected chi connectivity index (χ2v) is 9.30. The molecule has 4 heterocycles. The van der Waals surface area contributed by atoms with Crippen molar-refractivity contribution in [2.75, 3.05) is 57.2 Å². The molecule has 0 bridgehead atoms. The Balaban J connectivity index is 1.46. The molecule has 1 unspecified atom stereocenters. The molecule has 3 N–H and O–H groups in total. The monoisotopic (exact) mass is 430 g/mol. The van der Waals surface area contributed by atoms with Crippen LogP contribution >= 0.6 is 11.8 Å². The van der Waals surface area contributed by atoms with E-state index in [1.807, 2.05) is 0 Å². The van der Waals surface area contributed by atoms with Crippen molar-refractivity contribution in [3.05, 3.63) is 29.5 Å². The number of hydrogen-bond donors (Lipinski definition) is 3. The summed E-state index contributed by atoms with van der Waals surface area (Å²) in [5.41, 5.74) is 4.66. The summed E-state index contributed by atoms with van der Waals surface area (Å²) in [5, 5.41) is 15.4. The number of nitrogens with zero attached hydrogens (tertiary/aromatic N) is 2. The van der Waals surface area contributed by atoms with Gasteiger partial charge in [-0.25, -0.2) is 0 Å². The standard InChI is InChI=1S/C22H30N4O3S/c27-13-18-14-30-22(24-18)20-11-16-9-15(12-26-3-7-29-8-4-26)10-19(21(16)25-20)23-17-1-5-28-6-2-17/h9-11,17-18,23,25,27H,1-8,12-14H2. The summed E-state index contributed by atoms with van der Waals surface area (Å²) < 4.78 is 11.0. The summed E-state index contributed by atoms with van der Waals surface area (Å²) in [6.45, 7) is 6.27. The average molecular weight is 431 g/mol. The highest BCUT2D eigenvalue weighted by Gasteiger charge is 2.22. The third kappa shape index (κ3) is 4.53. The number of H-pyrrole nitrogens is 1. The summed E-state index contributed by atoms with van der Waals surface area (Å²) in [5.74, 6) is 0.844. The Morgan fingerprint density at radius 3 is 2.70 bits per heavy atom. The van der Waals surface area contributed by atoms with Crippen LogP contribution in [0.3, 0.4) is 0 Å². The van der Waals surface area contributed by atoms with Gasteiger partial charge in [0, 0.05) is 50.0 Å². The molecule has 162 valence electrons. The highest BCUT2D eigenvalue weighted by molar-refractivity contribution is 8.14. The lowest BCUT2D eigenvalue weighted by Gasteiger charge is -2.27. The summed E-state index contributed by atoms with van der Waals surface area (Å²) in [7, 11) is 0. The van der Waals surface area contributed by atoms with Crippen molar-refractivity contribution < 1.29 is 14.6 Å². The molecule has 0 aliphatic carbocycles. The molecule has 0 amide bonds. The maximum Gasteiger partial charge on any atom is 0.115 e. The van der Waals surface area contributed by atoms with Crippen LogP contribution in [0.1, 0.15) is 24.1 Å². The van der Waals surface area contributed by atoms with E-state index in [0.29, 0.717) is 6.04 Å². The summed E-state index contributed by atoms with van der Waals surface area (Å²) in [6.07, 6.45) is 2.06. The van der Waals surface area contributed by atoms with Gasteiger partial charge in [0.25, 0.3) is 0 Å². The number of aromatic nitrogens is 1. The van der Waals surface area contributed by atoms with Gasteiger partial charge in [0.1, 0.15) is 5.04 Å². The number of fused-ring (bicyclic) bond motifs is 1. The van der Waals surface area contributed by atoms with Crippen LogP contribution in [0.4, 0.5) is 5.69 Å². The number of benzene rings is 1. The van der Waals surface area contributed by atoms with Gasteiger partial charge in [-0.1, -0.05) is 0 Å². The second kappa shape index (κ2) is 9.28. The number of aliphatic imine (C=N–C) groups is 1. The number of hydrogen-bond acceptors (Lipinski definition) is 7. The van der Waals surface area contributed by atoms with Crippen molar-refractivity contribution in [3.8, 4) is 0 Å². The first kappa shape index (κ1) is 20.3. The van der Waals surface area contributed by atoms with E-state index in [-0.39, 0.29) is 12.6 Å². The van der Waals surface area contributed by atoms with Crippen molar-refractivity contribution in [1.82, 2.24) is 9.88 Å². The molecule has 2 fully saturated rings. The van der Waals surface area contributed by atoms with Gasteiger partial charge >= 0.3 is 0 Å². The number of thioether (sulfide) groups is 1. The summed E-state index contributed by atoms with van der Waals surface area (Å²) in [6, 6.07) is 7.24. The molecule has 3 aliphatic heterocycles. The first-order chi connectivity index (χ1) is 14.8. The van der Waals surface area contributed by atoms with Crippen LogP contribution in [-0.4, -0.2) is 84.0 Å². The number of nitrogens with one attached hydrogen (secondary N) is 2. The maximum atomic E-state index is 9.42. The zero-order chi connectivity index (χ0) is 20.3. The molecule has 0 radical (unpaired) electrons. The minimum atomic E-state index is 0.00753. The Hall–Kier alpha value is -1.58. The number of aromatic amines is 1. The van der Waals surface area contributed by atoms with Crippen LogP contribution in [0.25, 0.3) is 10.9 Å². The Morgan fingerprint density at radius 1 is 1.13 bits per heavy atom. The first-order valence-corrected chi connectivity index (χ1v) is 11.9. The Labute approximate surface area is 181 Å². The molecule has 5 rings (SSSR count). The van der Waals surface area contributed by atoms with Crippen LogP contribution in [0.5, 0.6) is 0 Å². The fourth-order valence-corrected chi connectivity index (χ4v) is 5.38. The van der Waals surface area contributed by atoms with E-state index in [9.17, 15) is 5.11 Å². The number of rotatable bonds is 6. The molecular weight excluding hydrogens is 400 g/mol. The number of aliphatic hydroxyl groups is 1. The first-order valence-electron chi connectivity index (χ1n) is 10.9. The predicted octanol–water partition coefficient (Wildman–Crippen LogP) is 2.45. The fraction of sp³-hybridized carbons (Fsp3) is 0.591. The van der Waals surface area contributed by atoms with E-state index in [1.165, 1.54) is 10.9 Å². The SMILES string of the molecule is OCC1CSC(c2cc3cc(CN4CCOCC4)cc(NC4CCOCC4)c3[nH]2)=N1. The van der Waals surface area contributed by atoms with E-state index in [4.69, 9.17) is 9.47 Å². The van der Waals surface area contributed by atoms with E-state index in [1.54, 1.807) is 11.8 Å². The molecular formula is C22H30N4O3S. The number of morpholine rings is 1. The van der Waals surface area contributed by atoms with Gasteiger partial charge in [-0.2, -0.15) is 0 Å². The topological polar surface area (TPSA) is 82.1 Å². The molecule has 2 aromatic rings. The summed E-state index contributed by atoms with van der Waals surface area (Å²) >= 11 is 1.72. The lowest BCUT2D eigenvalue weighted by Crippen LogP contribution is -2.35. The third-order valence-corrected chi connectivity index (χ3v) is 7.18. The molecule has 0 spiro atoms. The lowest BCUT2D eigenvalue weighted by molar-refractivity contribution is 0.0342. The quantitative estimate of drug-likeness (QED) is 0.653. The van der Waals surface area contributed by atoms with E-state index in [0.717, 1.165) is 86.6 Å². The molecule has 0 saturated carbocycles. The molecule has 3 aliphatic rings. The number of aliphatic hydroxyl groups excluding tert-OH is 1. The van der Waals surface area contributed by atoms with E-state index in [2.05, 4.69) is 38.4 Å². The van der Waals surface area contributed by atoms with Gasteiger partial charge in [-0.3, -0.25) is 9.89 Å². The zero-order valence-electron chi connectivity index (χ0n) is 17.2. The molecule has 1 aromatic heterocycles. The minimum Gasteiger partial charge on any atom is -0.394 e. The van der Waals surface area contributed by atoms with E-state index >= 15 is 0 Å². The average Bonchev–Trinajstić information content (AvgIpc) is 3.42. The van der Waals surface area contributed by atoms with E-state index < -0.39 is 0 Å². The van der Waals surface area contributed by atoms with Gasteiger partial charge in [0.15, 0.2) is 0 Å². The van der Waals surface area contributed by atoms with Crippen molar-refractivity contribution in [2.45, 2.75) is 31.5 Å². The largest absolute Gasteiger partial charge is 0.394 e. The van der Waals surface area contributed by atoms with Crippen molar-refractivity contribution in [2.24, 2.45) is 4.99 Å². The molecule has 7 nitrogen and oxygen atoms in total. The van der Waals surface area contributed by atoms with Crippen molar-refractivity contribution in [1.29, 1.82) is 0 Å². The third-order valence-electron chi connectivity index (χ3n) is 6.03. The fourth-order valence-electron chi connectivity index (χ4n) is 4.36. The Morgan fingerprint density at radius 2 is 1.93 bits per heavy atom. The van der Waals surface area contributed by atoms with Gasteiger partial charge in [-0.05, 0) is 36.6 Å².